The minimum Gasteiger partial charge on any atom is -0.394 e. The van der Waals surface area contributed by atoms with Crippen molar-refractivity contribution in [3.05, 3.63) is 0 Å². The first-order chi connectivity index (χ1) is 7.72. The smallest absolute Gasteiger partial charge is 0.242 e. The standard InChI is InChI=1S/C12H22N2O2/c1-9-6-13-11(8-15)12(16)14(7-9)10-4-2-3-5-10/h9-11,13,15H,2-8H2,1H3. The zero-order chi connectivity index (χ0) is 11.5. The van der Waals surface area contributed by atoms with Crippen LogP contribution in [-0.4, -0.2) is 47.7 Å². The average Bonchev–Trinajstić information content (AvgIpc) is 2.75. The van der Waals surface area contributed by atoms with Crippen molar-refractivity contribution in [1.82, 2.24) is 10.2 Å². The summed E-state index contributed by atoms with van der Waals surface area (Å²) in [6, 6.07) is 0.0365. The van der Waals surface area contributed by atoms with Crippen molar-refractivity contribution in [1.29, 1.82) is 0 Å². The van der Waals surface area contributed by atoms with Gasteiger partial charge in [0.25, 0.3) is 0 Å². The molecule has 1 saturated heterocycles. The maximum Gasteiger partial charge on any atom is 0.242 e. The Kier molecular flexibility index (Phi) is 3.82. The molecule has 0 spiro atoms. The molecule has 1 saturated carbocycles. The molecule has 1 aliphatic carbocycles. The molecule has 0 bridgehead atoms. The maximum atomic E-state index is 12.2. The molecule has 1 heterocycles. The first kappa shape index (κ1) is 11.9. The Morgan fingerprint density at radius 3 is 2.75 bits per heavy atom. The second kappa shape index (κ2) is 5.15. The molecule has 2 N–H and O–H groups in total. The van der Waals surface area contributed by atoms with E-state index in [9.17, 15) is 9.90 Å². The van der Waals surface area contributed by atoms with Gasteiger partial charge >= 0.3 is 0 Å². The van der Waals surface area contributed by atoms with Crippen LogP contribution < -0.4 is 5.32 Å². The van der Waals surface area contributed by atoms with Gasteiger partial charge in [-0.1, -0.05) is 19.8 Å². The van der Waals surface area contributed by atoms with Gasteiger partial charge in [0.15, 0.2) is 0 Å². The van der Waals surface area contributed by atoms with Gasteiger partial charge in [0.1, 0.15) is 6.04 Å². The van der Waals surface area contributed by atoms with E-state index in [0.717, 1.165) is 25.9 Å². The van der Waals surface area contributed by atoms with E-state index < -0.39 is 0 Å². The fourth-order valence-corrected chi connectivity index (χ4v) is 2.81. The SMILES string of the molecule is CC1CNC(CO)C(=O)N(C2CCCC2)C1. The highest BCUT2D eigenvalue weighted by molar-refractivity contribution is 5.82. The van der Waals surface area contributed by atoms with Crippen molar-refractivity contribution in [3.63, 3.8) is 0 Å². The Morgan fingerprint density at radius 1 is 1.44 bits per heavy atom. The molecule has 0 aromatic heterocycles. The summed E-state index contributed by atoms with van der Waals surface area (Å²) >= 11 is 0. The zero-order valence-corrected chi connectivity index (χ0v) is 9.98. The van der Waals surface area contributed by atoms with Crippen LogP contribution in [0, 0.1) is 5.92 Å². The normalized spacial score (nSPS) is 33.1. The van der Waals surface area contributed by atoms with E-state index in [4.69, 9.17) is 0 Å². The molecular formula is C12H22N2O2. The fraction of sp³-hybridized carbons (Fsp3) is 0.917. The summed E-state index contributed by atoms with van der Waals surface area (Å²) in [7, 11) is 0. The topological polar surface area (TPSA) is 52.6 Å². The van der Waals surface area contributed by atoms with Crippen molar-refractivity contribution in [2.24, 2.45) is 5.92 Å². The van der Waals surface area contributed by atoms with E-state index in [-0.39, 0.29) is 18.6 Å². The van der Waals surface area contributed by atoms with Crippen LogP contribution >= 0.6 is 0 Å². The molecule has 4 heteroatoms. The second-order valence-electron chi connectivity index (χ2n) is 5.18. The Labute approximate surface area is 97.0 Å². The van der Waals surface area contributed by atoms with Crippen LogP contribution in [0.3, 0.4) is 0 Å². The van der Waals surface area contributed by atoms with Crippen molar-refractivity contribution in [3.8, 4) is 0 Å². The van der Waals surface area contributed by atoms with Crippen LogP contribution in [0.2, 0.25) is 0 Å². The minimum atomic E-state index is -0.384. The highest BCUT2D eigenvalue weighted by atomic mass is 16.3. The van der Waals surface area contributed by atoms with Crippen molar-refractivity contribution < 1.29 is 9.90 Å². The molecule has 1 aliphatic heterocycles. The summed E-state index contributed by atoms with van der Waals surface area (Å²) in [4.78, 5) is 14.2. The van der Waals surface area contributed by atoms with Crippen molar-refractivity contribution in [2.75, 3.05) is 19.7 Å². The predicted octanol–water partition coefficient (Wildman–Crippen LogP) is 0.358. The summed E-state index contributed by atoms with van der Waals surface area (Å²) in [5.74, 6) is 0.569. The number of aliphatic hydroxyl groups excluding tert-OH is 1. The molecule has 0 aromatic carbocycles. The lowest BCUT2D eigenvalue weighted by atomic mass is 10.1. The lowest BCUT2D eigenvalue weighted by Crippen LogP contribution is -2.49. The number of hydrogen-bond donors (Lipinski definition) is 2. The van der Waals surface area contributed by atoms with Gasteiger partial charge in [0.05, 0.1) is 6.61 Å². The number of nitrogens with one attached hydrogen (secondary N) is 1. The first-order valence-electron chi connectivity index (χ1n) is 6.37. The molecule has 2 aliphatic rings. The van der Waals surface area contributed by atoms with Crippen molar-refractivity contribution >= 4 is 5.91 Å². The van der Waals surface area contributed by atoms with Gasteiger partial charge in [-0.3, -0.25) is 4.79 Å². The third-order valence-electron chi connectivity index (χ3n) is 3.75. The third-order valence-corrected chi connectivity index (χ3v) is 3.75. The molecule has 1 amide bonds. The van der Waals surface area contributed by atoms with E-state index in [1.165, 1.54) is 12.8 Å². The number of carbonyl (C=O) groups excluding carboxylic acids is 1. The van der Waals surface area contributed by atoms with Gasteiger partial charge in [0.2, 0.25) is 5.91 Å². The van der Waals surface area contributed by atoms with E-state index in [1.807, 2.05) is 4.90 Å². The Hall–Kier alpha value is -0.610. The second-order valence-corrected chi connectivity index (χ2v) is 5.18. The third kappa shape index (κ3) is 2.38. The summed E-state index contributed by atoms with van der Waals surface area (Å²) in [5.41, 5.74) is 0. The molecule has 0 aromatic rings. The molecule has 2 fully saturated rings. The maximum absolute atomic E-state index is 12.2. The van der Waals surface area contributed by atoms with E-state index >= 15 is 0 Å². The number of nitrogens with zero attached hydrogens (tertiary/aromatic N) is 1. The van der Waals surface area contributed by atoms with E-state index in [2.05, 4.69) is 12.2 Å². The molecule has 0 radical (unpaired) electrons. The molecule has 2 rings (SSSR count). The highest BCUT2D eigenvalue weighted by Crippen LogP contribution is 2.25. The number of rotatable bonds is 2. The van der Waals surface area contributed by atoms with Crippen LogP contribution in [0.15, 0.2) is 0 Å². The van der Waals surface area contributed by atoms with Crippen LogP contribution in [0.4, 0.5) is 0 Å². The molecule has 2 unspecified atom stereocenters. The minimum absolute atomic E-state index is 0.0885. The number of amides is 1. The van der Waals surface area contributed by atoms with Crippen LogP contribution in [0.1, 0.15) is 32.6 Å². The molecule has 16 heavy (non-hydrogen) atoms. The van der Waals surface area contributed by atoms with Gasteiger partial charge < -0.3 is 15.3 Å². The van der Waals surface area contributed by atoms with Gasteiger partial charge in [-0.05, 0) is 18.8 Å². The van der Waals surface area contributed by atoms with E-state index in [0.29, 0.717) is 12.0 Å². The number of hydrogen-bond acceptors (Lipinski definition) is 3. The summed E-state index contributed by atoms with van der Waals surface area (Å²) < 4.78 is 0. The van der Waals surface area contributed by atoms with Gasteiger partial charge in [-0.25, -0.2) is 0 Å². The quantitative estimate of drug-likeness (QED) is 0.715. The molecule has 92 valence electrons. The molecule has 4 nitrogen and oxygen atoms in total. The zero-order valence-electron chi connectivity index (χ0n) is 9.98. The largest absolute Gasteiger partial charge is 0.394 e. The van der Waals surface area contributed by atoms with Crippen molar-refractivity contribution in [2.45, 2.75) is 44.7 Å². The van der Waals surface area contributed by atoms with Crippen LogP contribution in [0.5, 0.6) is 0 Å². The molecule has 2 atom stereocenters. The monoisotopic (exact) mass is 226 g/mol. The fourth-order valence-electron chi connectivity index (χ4n) is 2.81. The Balaban J connectivity index is 2.09. The first-order valence-corrected chi connectivity index (χ1v) is 6.37. The Bertz CT molecular complexity index is 251. The molecular weight excluding hydrogens is 204 g/mol. The van der Waals surface area contributed by atoms with Gasteiger partial charge in [-0.2, -0.15) is 0 Å². The highest BCUT2D eigenvalue weighted by Gasteiger charge is 2.34. The summed E-state index contributed by atoms with van der Waals surface area (Å²) in [6.45, 7) is 3.73. The number of aliphatic hydroxyl groups is 1. The number of carbonyl (C=O) groups is 1. The average molecular weight is 226 g/mol. The van der Waals surface area contributed by atoms with Crippen LogP contribution in [0.25, 0.3) is 0 Å². The predicted molar refractivity (Wildman–Crippen MR) is 62.0 cm³/mol. The summed E-state index contributed by atoms with van der Waals surface area (Å²) in [5, 5.41) is 12.4. The van der Waals surface area contributed by atoms with Crippen LogP contribution in [-0.2, 0) is 4.79 Å². The van der Waals surface area contributed by atoms with E-state index in [1.54, 1.807) is 0 Å². The Morgan fingerprint density at radius 2 is 2.12 bits per heavy atom. The lowest BCUT2D eigenvalue weighted by molar-refractivity contribution is -0.136. The summed E-state index contributed by atoms with van der Waals surface area (Å²) in [6.07, 6.45) is 4.74. The lowest BCUT2D eigenvalue weighted by Gasteiger charge is -2.30. The van der Waals surface area contributed by atoms with Gasteiger partial charge in [0, 0.05) is 19.1 Å². The van der Waals surface area contributed by atoms with Gasteiger partial charge in [-0.15, -0.1) is 0 Å².